The van der Waals surface area contributed by atoms with Crippen molar-refractivity contribution in [3.63, 3.8) is 0 Å². The molecule has 0 aromatic carbocycles. The van der Waals surface area contributed by atoms with Crippen LogP contribution in [-0.2, 0) is 7.05 Å². The number of rotatable bonds is 3. The first-order valence-electron chi connectivity index (χ1n) is 7.76. The Morgan fingerprint density at radius 1 is 1.39 bits per heavy atom. The Hall–Kier alpha value is -2.57. The lowest BCUT2D eigenvalue weighted by Gasteiger charge is -2.35. The van der Waals surface area contributed by atoms with Gasteiger partial charge >= 0.3 is 0 Å². The average molecular weight is 315 g/mol. The summed E-state index contributed by atoms with van der Waals surface area (Å²) in [6.07, 6.45) is 6.05. The maximum atomic E-state index is 13.0. The predicted octanol–water partition coefficient (Wildman–Crippen LogP) is 1.52. The third-order valence-electron chi connectivity index (χ3n) is 4.51. The lowest BCUT2D eigenvalue weighted by molar-refractivity contribution is 0.0592. The monoisotopic (exact) mass is 315 g/mol. The highest BCUT2D eigenvalue weighted by molar-refractivity contribution is 5.96. The van der Waals surface area contributed by atoms with E-state index in [1.54, 1.807) is 0 Å². The molecule has 122 valence electrons. The van der Waals surface area contributed by atoms with E-state index in [1.807, 2.05) is 35.7 Å². The second kappa shape index (κ2) is 5.91. The number of carbonyl (C=O) groups is 2. The molecular weight excluding hydrogens is 294 g/mol. The first-order valence-corrected chi connectivity index (χ1v) is 7.76. The summed E-state index contributed by atoms with van der Waals surface area (Å²) in [7, 11) is 1.87. The highest BCUT2D eigenvalue weighted by atomic mass is 16.2. The van der Waals surface area contributed by atoms with Gasteiger partial charge in [0, 0.05) is 19.8 Å². The molecule has 0 radical (unpaired) electrons. The number of likely N-dealkylation sites (tertiary alicyclic amines) is 1. The van der Waals surface area contributed by atoms with Gasteiger partial charge in [-0.05, 0) is 37.8 Å². The molecule has 7 heteroatoms. The molecule has 1 atom stereocenters. The van der Waals surface area contributed by atoms with Gasteiger partial charge < -0.3 is 15.2 Å². The van der Waals surface area contributed by atoms with Gasteiger partial charge in [0.05, 0.1) is 23.5 Å². The average Bonchev–Trinajstić information content (AvgIpc) is 3.14. The van der Waals surface area contributed by atoms with Gasteiger partial charge in [0.15, 0.2) is 0 Å². The molecule has 7 nitrogen and oxygen atoms in total. The van der Waals surface area contributed by atoms with E-state index in [0.717, 1.165) is 24.8 Å². The Kier molecular flexibility index (Phi) is 3.94. The van der Waals surface area contributed by atoms with Crippen molar-refractivity contribution in [3.05, 3.63) is 41.0 Å². The summed E-state index contributed by atoms with van der Waals surface area (Å²) in [6, 6.07) is 1.73. The van der Waals surface area contributed by atoms with Crippen molar-refractivity contribution < 1.29 is 9.59 Å². The van der Waals surface area contributed by atoms with Crippen molar-refractivity contribution in [3.8, 4) is 0 Å². The quantitative estimate of drug-likeness (QED) is 0.898. The van der Waals surface area contributed by atoms with Gasteiger partial charge in [-0.1, -0.05) is 0 Å². The molecule has 2 aromatic rings. The summed E-state index contributed by atoms with van der Waals surface area (Å²) in [5.74, 6) is -0.550. The molecule has 1 saturated heterocycles. The van der Waals surface area contributed by atoms with Crippen LogP contribution in [0.3, 0.4) is 0 Å². The zero-order valence-electron chi connectivity index (χ0n) is 13.4. The number of H-pyrrole nitrogens is 1. The minimum atomic E-state index is -0.526. The lowest BCUT2D eigenvalue weighted by atomic mass is 9.96. The Morgan fingerprint density at radius 2 is 2.17 bits per heavy atom. The maximum absolute atomic E-state index is 13.0. The van der Waals surface area contributed by atoms with Gasteiger partial charge in [0.1, 0.15) is 5.69 Å². The van der Waals surface area contributed by atoms with E-state index >= 15 is 0 Å². The zero-order chi connectivity index (χ0) is 16.6. The normalized spacial score (nSPS) is 18.2. The Balaban J connectivity index is 1.98. The molecule has 1 aliphatic rings. The second-order valence-corrected chi connectivity index (χ2v) is 6.03. The van der Waals surface area contributed by atoms with Crippen LogP contribution in [0.4, 0.5) is 0 Å². The van der Waals surface area contributed by atoms with Gasteiger partial charge in [-0.2, -0.15) is 5.10 Å². The van der Waals surface area contributed by atoms with Crippen molar-refractivity contribution in [1.82, 2.24) is 19.7 Å². The molecular formula is C16H21N5O2. The number of nitrogens with two attached hydrogens (primary N) is 1. The molecule has 1 fully saturated rings. The number of hydrogen-bond donors (Lipinski definition) is 2. The summed E-state index contributed by atoms with van der Waals surface area (Å²) in [5, 5.41) is 6.81. The fourth-order valence-corrected chi connectivity index (χ4v) is 3.33. The van der Waals surface area contributed by atoms with Crippen molar-refractivity contribution >= 4 is 11.8 Å². The largest absolute Gasteiger partial charge is 0.365 e. The number of piperidine rings is 1. The van der Waals surface area contributed by atoms with Gasteiger partial charge in [-0.3, -0.25) is 14.7 Å². The Morgan fingerprint density at radius 3 is 2.83 bits per heavy atom. The molecule has 3 rings (SSSR count). The fraction of sp³-hybridized carbons (Fsp3) is 0.438. The molecule has 0 aliphatic carbocycles. The minimum absolute atomic E-state index is 0.0234. The van der Waals surface area contributed by atoms with Crippen molar-refractivity contribution in [2.24, 2.45) is 12.8 Å². The fourth-order valence-electron chi connectivity index (χ4n) is 3.33. The molecule has 0 bridgehead atoms. The van der Waals surface area contributed by atoms with Crippen LogP contribution < -0.4 is 5.73 Å². The van der Waals surface area contributed by atoms with Crippen molar-refractivity contribution in [2.45, 2.75) is 32.2 Å². The molecule has 23 heavy (non-hydrogen) atoms. The number of aromatic nitrogens is 3. The number of nitrogens with one attached hydrogen (secondary N) is 1. The van der Waals surface area contributed by atoms with Crippen LogP contribution in [-0.4, -0.2) is 38.0 Å². The molecule has 2 amide bonds. The summed E-state index contributed by atoms with van der Waals surface area (Å²) < 4.78 is 1.84. The topological polar surface area (TPSA) is 97.0 Å². The highest BCUT2D eigenvalue weighted by Crippen LogP contribution is 2.33. The Labute approximate surface area is 134 Å². The van der Waals surface area contributed by atoms with E-state index in [9.17, 15) is 9.59 Å². The van der Waals surface area contributed by atoms with E-state index in [1.165, 1.54) is 6.20 Å². The van der Waals surface area contributed by atoms with Crippen molar-refractivity contribution in [1.29, 1.82) is 0 Å². The number of carbonyl (C=O) groups excluding carboxylic acids is 2. The van der Waals surface area contributed by atoms with E-state index in [2.05, 4.69) is 10.2 Å². The number of nitrogens with zero attached hydrogens (tertiary/aromatic N) is 3. The summed E-state index contributed by atoms with van der Waals surface area (Å²) in [4.78, 5) is 26.5. The molecule has 1 unspecified atom stereocenters. The van der Waals surface area contributed by atoms with Crippen LogP contribution in [0, 0.1) is 6.92 Å². The molecule has 3 heterocycles. The molecule has 2 aromatic heterocycles. The number of aromatic amines is 1. The van der Waals surface area contributed by atoms with E-state index in [0.29, 0.717) is 23.5 Å². The first kappa shape index (κ1) is 15.3. The molecule has 0 spiro atoms. The first-order chi connectivity index (χ1) is 11.0. The lowest BCUT2D eigenvalue weighted by Crippen LogP contribution is -2.40. The number of aryl methyl sites for hydroxylation is 2. The zero-order valence-corrected chi connectivity index (χ0v) is 13.4. The number of amides is 2. The second-order valence-electron chi connectivity index (χ2n) is 6.03. The van der Waals surface area contributed by atoms with Gasteiger partial charge in [-0.15, -0.1) is 0 Å². The van der Waals surface area contributed by atoms with E-state index in [4.69, 9.17) is 5.73 Å². The highest BCUT2D eigenvalue weighted by Gasteiger charge is 2.33. The van der Waals surface area contributed by atoms with Crippen LogP contribution >= 0.6 is 0 Å². The van der Waals surface area contributed by atoms with Crippen LogP contribution in [0.1, 0.15) is 57.4 Å². The smallest absolute Gasteiger partial charge is 0.271 e. The van der Waals surface area contributed by atoms with Crippen LogP contribution in [0.25, 0.3) is 0 Å². The van der Waals surface area contributed by atoms with Gasteiger partial charge in [0.2, 0.25) is 0 Å². The SMILES string of the molecule is Cc1ccn(C)c1C(=O)N1CCCCC1c1[nH]ncc1C(N)=O. The minimum Gasteiger partial charge on any atom is -0.365 e. The van der Waals surface area contributed by atoms with Crippen LogP contribution in [0.15, 0.2) is 18.5 Å². The number of primary amides is 1. The third kappa shape index (κ3) is 2.62. The summed E-state index contributed by atoms with van der Waals surface area (Å²) in [5.41, 5.74) is 8.04. The predicted molar refractivity (Wildman–Crippen MR) is 84.9 cm³/mol. The molecule has 0 saturated carbocycles. The van der Waals surface area contributed by atoms with Crippen LogP contribution in [0.5, 0.6) is 0 Å². The Bertz CT molecular complexity index is 726. The summed E-state index contributed by atoms with van der Waals surface area (Å²) >= 11 is 0. The summed E-state index contributed by atoms with van der Waals surface area (Å²) in [6.45, 7) is 2.59. The van der Waals surface area contributed by atoms with E-state index in [-0.39, 0.29) is 11.9 Å². The maximum Gasteiger partial charge on any atom is 0.271 e. The van der Waals surface area contributed by atoms with E-state index < -0.39 is 5.91 Å². The number of hydrogen-bond acceptors (Lipinski definition) is 3. The molecule has 1 aliphatic heterocycles. The molecule has 3 N–H and O–H groups in total. The van der Waals surface area contributed by atoms with Gasteiger partial charge in [0.25, 0.3) is 11.8 Å². The van der Waals surface area contributed by atoms with Crippen LogP contribution in [0.2, 0.25) is 0 Å². The van der Waals surface area contributed by atoms with Gasteiger partial charge in [-0.25, -0.2) is 0 Å². The van der Waals surface area contributed by atoms with Crippen molar-refractivity contribution in [2.75, 3.05) is 6.54 Å². The standard InChI is InChI=1S/C16H21N5O2/c1-10-6-8-20(2)14(10)16(23)21-7-4-3-5-12(21)13-11(15(17)22)9-18-19-13/h6,8-9,12H,3-5,7H2,1-2H3,(H2,17,22)(H,18,19). The third-order valence-corrected chi connectivity index (χ3v) is 4.51.